The van der Waals surface area contributed by atoms with E-state index >= 15 is 0 Å². The predicted molar refractivity (Wildman–Crippen MR) is 97.3 cm³/mol. The van der Waals surface area contributed by atoms with Crippen LogP contribution in [0.1, 0.15) is 34.0 Å². The first-order valence-electron chi connectivity index (χ1n) is 8.36. The standard InChI is InChI=1S/C19H16F3NO5S/c1-10-6-7-12-11(8-10)9-29(27,28)14-5-3-4-13(15(14)16(12)24)23-17(25)18(2,26)19(20,21)22/h3-8,26H,9H2,1-2H3,(H,23,25). The van der Waals surface area contributed by atoms with Crippen molar-refractivity contribution < 1.29 is 36.3 Å². The molecule has 0 bridgehead atoms. The van der Waals surface area contributed by atoms with Crippen molar-refractivity contribution in [2.24, 2.45) is 0 Å². The summed E-state index contributed by atoms with van der Waals surface area (Å²) in [6.07, 6.45) is -5.27. The normalized spacial score (nSPS) is 17.5. The van der Waals surface area contributed by atoms with Gasteiger partial charge in [0.25, 0.3) is 5.91 Å². The van der Waals surface area contributed by atoms with E-state index in [1.165, 1.54) is 12.1 Å². The number of hydrogen-bond acceptors (Lipinski definition) is 5. The van der Waals surface area contributed by atoms with Crippen LogP contribution in [-0.4, -0.2) is 37.0 Å². The first-order valence-corrected chi connectivity index (χ1v) is 10.0. The van der Waals surface area contributed by atoms with Gasteiger partial charge >= 0.3 is 6.18 Å². The highest BCUT2D eigenvalue weighted by molar-refractivity contribution is 7.90. The molecule has 2 aromatic rings. The molecule has 1 unspecified atom stereocenters. The molecule has 0 saturated heterocycles. The zero-order chi connectivity index (χ0) is 21.8. The number of fused-ring (bicyclic) bond motifs is 2. The van der Waals surface area contributed by atoms with Crippen molar-refractivity contribution in [2.75, 3.05) is 5.32 Å². The minimum Gasteiger partial charge on any atom is -0.373 e. The first-order chi connectivity index (χ1) is 13.3. The second kappa shape index (κ2) is 6.67. The van der Waals surface area contributed by atoms with E-state index in [-0.39, 0.29) is 18.1 Å². The summed E-state index contributed by atoms with van der Waals surface area (Å²) in [4.78, 5) is 24.7. The Hall–Kier alpha value is -2.72. The summed E-state index contributed by atoms with van der Waals surface area (Å²) in [5.74, 6) is -3.06. The third-order valence-corrected chi connectivity index (χ3v) is 6.38. The number of ketones is 1. The molecular formula is C19H16F3NO5S. The molecule has 0 aromatic heterocycles. The Labute approximate surface area is 164 Å². The molecule has 1 amide bonds. The lowest BCUT2D eigenvalue weighted by Crippen LogP contribution is -2.52. The molecule has 6 nitrogen and oxygen atoms in total. The number of nitrogens with one attached hydrogen (secondary N) is 1. The number of halogens is 3. The Morgan fingerprint density at radius 1 is 1.17 bits per heavy atom. The minimum absolute atomic E-state index is 0.0715. The quantitative estimate of drug-likeness (QED) is 0.768. The lowest BCUT2D eigenvalue weighted by molar-refractivity contribution is -0.242. The van der Waals surface area contributed by atoms with E-state index in [4.69, 9.17) is 0 Å². The van der Waals surface area contributed by atoms with Gasteiger partial charge in [-0.3, -0.25) is 9.59 Å². The Bertz CT molecular complexity index is 1140. The number of anilines is 1. The number of rotatable bonds is 2. The van der Waals surface area contributed by atoms with Gasteiger partial charge in [0.2, 0.25) is 5.60 Å². The van der Waals surface area contributed by atoms with Crippen molar-refractivity contribution in [3.05, 3.63) is 58.7 Å². The molecule has 0 fully saturated rings. The number of hydrogen-bond donors (Lipinski definition) is 2. The monoisotopic (exact) mass is 427 g/mol. The highest BCUT2D eigenvalue weighted by atomic mass is 32.2. The number of aryl methyl sites for hydroxylation is 1. The van der Waals surface area contributed by atoms with E-state index < -0.39 is 55.2 Å². The van der Waals surface area contributed by atoms with E-state index in [9.17, 15) is 36.3 Å². The molecule has 0 radical (unpaired) electrons. The van der Waals surface area contributed by atoms with Crippen LogP contribution in [0, 0.1) is 6.92 Å². The van der Waals surface area contributed by atoms with Gasteiger partial charge in [-0.1, -0.05) is 29.8 Å². The smallest absolute Gasteiger partial charge is 0.373 e. The van der Waals surface area contributed by atoms with Gasteiger partial charge in [-0.2, -0.15) is 13.2 Å². The molecule has 2 N–H and O–H groups in total. The maximum absolute atomic E-state index is 13.1. The fourth-order valence-electron chi connectivity index (χ4n) is 2.98. The van der Waals surface area contributed by atoms with Crippen LogP contribution in [0.15, 0.2) is 41.3 Å². The highest BCUT2D eigenvalue weighted by Gasteiger charge is 2.56. The Morgan fingerprint density at radius 2 is 1.83 bits per heavy atom. The Kier molecular flexibility index (Phi) is 4.83. The van der Waals surface area contributed by atoms with Gasteiger partial charge in [-0.15, -0.1) is 0 Å². The Morgan fingerprint density at radius 3 is 2.45 bits per heavy atom. The first kappa shape index (κ1) is 21.0. The summed E-state index contributed by atoms with van der Waals surface area (Å²) < 4.78 is 64.5. The van der Waals surface area contributed by atoms with Crippen LogP contribution in [0.25, 0.3) is 0 Å². The zero-order valence-electron chi connectivity index (χ0n) is 15.3. The van der Waals surface area contributed by atoms with Crippen molar-refractivity contribution in [2.45, 2.75) is 36.3 Å². The number of benzene rings is 2. The van der Waals surface area contributed by atoms with Crippen LogP contribution < -0.4 is 5.32 Å². The zero-order valence-corrected chi connectivity index (χ0v) is 16.1. The van der Waals surface area contributed by atoms with Crippen molar-refractivity contribution in [1.29, 1.82) is 0 Å². The number of carbonyl (C=O) groups excluding carboxylic acids is 2. The molecular weight excluding hydrogens is 411 g/mol. The van der Waals surface area contributed by atoms with E-state index in [0.717, 1.165) is 17.7 Å². The fraction of sp³-hybridized carbons (Fsp3) is 0.263. The molecule has 3 rings (SSSR count). The average molecular weight is 427 g/mol. The third kappa shape index (κ3) is 3.53. The topological polar surface area (TPSA) is 101 Å². The third-order valence-electron chi connectivity index (χ3n) is 4.68. The lowest BCUT2D eigenvalue weighted by Gasteiger charge is -2.25. The van der Waals surface area contributed by atoms with Crippen molar-refractivity contribution in [3.8, 4) is 0 Å². The van der Waals surface area contributed by atoms with E-state index in [0.29, 0.717) is 0 Å². The number of sulfone groups is 1. The van der Waals surface area contributed by atoms with E-state index in [2.05, 4.69) is 0 Å². The van der Waals surface area contributed by atoms with Gasteiger partial charge in [-0.05, 0) is 31.5 Å². The SMILES string of the molecule is Cc1ccc2c(c1)CS(=O)(=O)c1cccc(NC(=O)C(C)(O)C(F)(F)F)c1C2=O. The number of carbonyl (C=O) groups is 2. The van der Waals surface area contributed by atoms with Crippen LogP contribution in [0.2, 0.25) is 0 Å². The predicted octanol–water partition coefficient (Wildman–Crippen LogP) is 2.77. The van der Waals surface area contributed by atoms with Crippen molar-refractivity contribution >= 4 is 27.2 Å². The van der Waals surface area contributed by atoms with Crippen LogP contribution in [0.3, 0.4) is 0 Å². The van der Waals surface area contributed by atoms with Gasteiger partial charge < -0.3 is 10.4 Å². The summed E-state index contributed by atoms with van der Waals surface area (Å²) >= 11 is 0. The van der Waals surface area contributed by atoms with Gasteiger partial charge in [0.1, 0.15) is 0 Å². The molecule has 1 atom stereocenters. The molecule has 2 aromatic carbocycles. The summed E-state index contributed by atoms with van der Waals surface area (Å²) in [6, 6.07) is 8.03. The van der Waals surface area contributed by atoms with Gasteiger partial charge in [0.15, 0.2) is 15.6 Å². The summed E-state index contributed by atoms with van der Waals surface area (Å²) in [6.45, 7) is 1.99. The number of aliphatic hydroxyl groups is 1. The molecule has 29 heavy (non-hydrogen) atoms. The maximum atomic E-state index is 13.1. The van der Waals surface area contributed by atoms with Gasteiger partial charge in [0.05, 0.1) is 21.9 Å². The molecule has 1 heterocycles. The molecule has 1 aliphatic rings. The van der Waals surface area contributed by atoms with Crippen molar-refractivity contribution in [3.63, 3.8) is 0 Å². The van der Waals surface area contributed by atoms with Gasteiger partial charge in [0, 0.05) is 5.56 Å². The molecule has 0 aliphatic carbocycles. The van der Waals surface area contributed by atoms with Crippen LogP contribution in [0.4, 0.5) is 18.9 Å². The second-order valence-corrected chi connectivity index (χ2v) is 8.91. The number of amides is 1. The summed E-state index contributed by atoms with van der Waals surface area (Å²) in [7, 11) is -4.02. The summed E-state index contributed by atoms with van der Waals surface area (Å²) in [5.41, 5.74) is -3.56. The fourth-order valence-corrected chi connectivity index (χ4v) is 4.59. The molecule has 0 spiro atoms. The maximum Gasteiger partial charge on any atom is 0.426 e. The second-order valence-electron chi connectivity index (χ2n) is 6.95. The van der Waals surface area contributed by atoms with Gasteiger partial charge in [-0.25, -0.2) is 8.42 Å². The number of alkyl halides is 3. The van der Waals surface area contributed by atoms with Crippen LogP contribution >= 0.6 is 0 Å². The highest BCUT2D eigenvalue weighted by Crippen LogP contribution is 2.36. The van der Waals surface area contributed by atoms with Crippen molar-refractivity contribution in [1.82, 2.24) is 0 Å². The van der Waals surface area contributed by atoms with E-state index in [1.54, 1.807) is 19.1 Å². The average Bonchev–Trinajstić information content (AvgIpc) is 2.67. The van der Waals surface area contributed by atoms with E-state index in [1.807, 2.05) is 5.32 Å². The minimum atomic E-state index is -5.27. The lowest BCUT2D eigenvalue weighted by atomic mass is 9.96. The largest absolute Gasteiger partial charge is 0.426 e. The molecule has 154 valence electrons. The molecule has 1 aliphatic heterocycles. The Balaban J connectivity index is 2.18. The molecule has 10 heteroatoms. The van der Waals surface area contributed by atoms with Crippen LogP contribution in [-0.2, 0) is 20.4 Å². The molecule has 0 saturated carbocycles. The summed E-state index contributed by atoms with van der Waals surface area (Å²) in [5, 5.41) is 11.4. The van der Waals surface area contributed by atoms with Crippen LogP contribution in [0.5, 0.6) is 0 Å².